The lowest BCUT2D eigenvalue weighted by Crippen LogP contribution is -2.54. The quantitative estimate of drug-likeness (QED) is 0.897. The Balaban J connectivity index is 1.53. The highest BCUT2D eigenvalue weighted by Gasteiger charge is 2.26. The molecular weight excluding hydrogens is 318 g/mol. The Morgan fingerprint density at radius 3 is 2.28 bits per heavy atom. The second-order valence-electron chi connectivity index (χ2n) is 5.92. The molecule has 0 radical (unpaired) electrons. The van der Waals surface area contributed by atoms with Crippen molar-refractivity contribution in [2.24, 2.45) is 0 Å². The molecule has 1 aliphatic heterocycles. The first-order chi connectivity index (χ1) is 12.1. The van der Waals surface area contributed by atoms with E-state index < -0.39 is 6.04 Å². The SMILES string of the molecule is C[C@H](NC(=O)c1ccccc1)C(=O)N1CCN(c2ncccn2)CC1. The van der Waals surface area contributed by atoms with Crippen LogP contribution in [0.15, 0.2) is 48.8 Å². The van der Waals surface area contributed by atoms with E-state index in [0.29, 0.717) is 37.7 Å². The fourth-order valence-electron chi connectivity index (χ4n) is 2.79. The molecule has 3 rings (SSSR count). The van der Waals surface area contributed by atoms with Gasteiger partial charge in [-0.05, 0) is 25.1 Å². The fraction of sp³-hybridized carbons (Fsp3) is 0.333. The maximum atomic E-state index is 12.6. The van der Waals surface area contributed by atoms with E-state index in [1.807, 2.05) is 6.07 Å². The summed E-state index contributed by atoms with van der Waals surface area (Å²) < 4.78 is 0. The molecule has 1 aromatic heterocycles. The van der Waals surface area contributed by atoms with Crippen molar-refractivity contribution in [3.05, 3.63) is 54.4 Å². The third-order valence-corrected chi connectivity index (χ3v) is 4.18. The Labute approximate surface area is 146 Å². The van der Waals surface area contributed by atoms with Gasteiger partial charge in [-0.15, -0.1) is 0 Å². The molecule has 0 bridgehead atoms. The first-order valence-electron chi connectivity index (χ1n) is 8.32. The Morgan fingerprint density at radius 2 is 1.64 bits per heavy atom. The molecule has 2 heterocycles. The molecule has 0 saturated carbocycles. The Bertz CT molecular complexity index is 715. The number of aromatic nitrogens is 2. The van der Waals surface area contributed by atoms with Gasteiger partial charge in [0.1, 0.15) is 6.04 Å². The molecule has 0 spiro atoms. The zero-order valence-electron chi connectivity index (χ0n) is 14.1. The van der Waals surface area contributed by atoms with Crippen molar-refractivity contribution in [3.63, 3.8) is 0 Å². The van der Waals surface area contributed by atoms with Gasteiger partial charge in [0.2, 0.25) is 11.9 Å². The van der Waals surface area contributed by atoms with Gasteiger partial charge in [0.25, 0.3) is 5.91 Å². The summed E-state index contributed by atoms with van der Waals surface area (Å²) in [6.07, 6.45) is 3.42. The van der Waals surface area contributed by atoms with Crippen LogP contribution in [0.5, 0.6) is 0 Å². The van der Waals surface area contributed by atoms with Gasteiger partial charge in [0.15, 0.2) is 0 Å². The van der Waals surface area contributed by atoms with E-state index in [1.165, 1.54) is 0 Å². The van der Waals surface area contributed by atoms with Crippen molar-refractivity contribution in [3.8, 4) is 0 Å². The van der Waals surface area contributed by atoms with Gasteiger partial charge in [-0.1, -0.05) is 18.2 Å². The Hall–Kier alpha value is -2.96. The average molecular weight is 339 g/mol. The second kappa shape index (κ2) is 7.74. The number of nitrogens with zero attached hydrogens (tertiary/aromatic N) is 4. The number of piperazine rings is 1. The maximum Gasteiger partial charge on any atom is 0.251 e. The number of rotatable bonds is 4. The lowest BCUT2D eigenvalue weighted by Gasteiger charge is -2.35. The van der Waals surface area contributed by atoms with Crippen molar-refractivity contribution in [1.29, 1.82) is 0 Å². The predicted octanol–water partition coefficient (Wildman–Crippen LogP) is 0.944. The van der Waals surface area contributed by atoms with E-state index in [1.54, 1.807) is 54.5 Å². The van der Waals surface area contributed by atoms with Crippen LogP contribution in [0.4, 0.5) is 5.95 Å². The second-order valence-corrected chi connectivity index (χ2v) is 5.92. The average Bonchev–Trinajstić information content (AvgIpc) is 2.69. The molecule has 0 aliphatic carbocycles. The summed E-state index contributed by atoms with van der Waals surface area (Å²) in [5.74, 6) is 0.371. The smallest absolute Gasteiger partial charge is 0.251 e. The van der Waals surface area contributed by atoms with Crippen molar-refractivity contribution >= 4 is 17.8 Å². The van der Waals surface area contributed by atoms with Crippen LogP contribution in [-0.4, -0.2) is 58.9 Å². The third-order valence-electron chi connectivity index (χ3n) is 4.18. The summed E-state index contributed by atoms with van der Waals surface area (Å²) in [4.78, 5) is 37.0. The number of carbonyl (C=O) groups excluding carboxylic acids is 2. The van der Waals surface area contributed by atoms with E-state index >= 15 is 0 Å². The molecule has 1 N–H and O–H groups in total. The van der Waals surface area contributed by atoms with Gasteiger partial charge in [-0.3, -0.25) is 9.59 Å². The fourth-order valence-corrected chi connectivity index (χ4v) is 2.79. The van der Waals surface area contributed by atoms with Crippen molar-refractivity contribution in [2.75, 3.05) is 31.1 Å². The van der Waals surface area contributed by atoms with Gasteiger partial charge in [-0.25, -0.2) is 9.97 Å². The summed E-state index contributed by atoms with van der Waals surface area (Å²) in [7, 11) is 0. The molecule has 130 valence electrons. The third kappa shape index (κ3) is 4.12. The van der Waals surface area contributed by atoms with Gasteiger partial charge in [0, 0.05) is 44.1 Å². The van der Waals surface area contributed by atoms with Gasteiger partial charge < -0.3 is 15.1 Å². The normalized spacial score (nSPS) is 15.6. The highest BCUT2D eigenvalue weighted by atomic mass is 16.2. The van der Waals surface area contributed by atoms with E-state index in [-0.39, 0.29) is 11.8 Å². The van der Waals surface area contributed by atoms with E-state index in [9.17, 15) is 9.59 Å². The molecule has 7 heteroatoms. The number of carbonyl (C=O) groups is 2. The molecule has 25 heavy (non-hydrogen) atoms. The molecule has 2 amide bonds. The molecule has 1 aromatic carbocycles. The van der Waals surface area contributed by atoms with Crippen LogP contribution in [0, 0.1) is 0 Å². The molecular formula is C18H21N5O2. The van der Waals surface area contributed by atoms with Crippen molar-refractivity contribution in [2.45, 2.75) is 13.0 Å². The van der Waals surface area contributed by atoms with E-state index in [4.69, 9.17) is 0 Å². The summed E-state index contributed by atoms with van der Waals surface area (Å²) in [6.45, 7) is 4.24. The van der Waals surface area contributed by atoms with Crippen LogP contribution in [0.25, 0.3) is 0 Å². The molecule has 7 nitrogen and oxygen atoms in total. The van der Waals surface area contributed by atoms with E-state index in [2.05, 4.69) is 20.2 Å². The molecule has 0 unspecified atom stereocenters. The standard InChI is InChI=1S/C18H21N5O2/c1-14(21-16(24)15-6-3-2-4-7-15)17(25)22-10-12-23(13-11-22)18-19-8-5-9-20-18/h2-9,14H,10-13H2,1H3,(H,21,24)/t14-/m0/s1. The van der Waals surface area contributed by atoms with Gasteiger partial charge in [-0.2, -0.15) is 0 Å². The topological polar surface area (TPSA) is 78.4 Å². The summed E-state index contributed by atoms with van der Waals surface area (Å²) in [6, 6.07) is 10.1. The van der Waals surface area contributed by atoms with Gasteiger partial charge >= 0.3 is 0 Å². The Kier molecular flexibility index (Phi) is 5.23. The predicted molar refractivity (Wildman–Crippen MR) is 94.2 cm³/mol. The van der Waals surface area contributed by atoms with E-state index in [0.717, 1.165) is 0 Å². The zero-order chi connectivity index (χ0) is 17.6. The number of nitrogens with one attached hydrogen (secondary N) is 1. The molecule has 1 atom stereocenters. The first-order valence-corrected chi connectivity index (χ1v) is 8.32. The monoisotopic (exact) mass is 339 g/mol. The lowest BCUT2D eigenvalue weighted by atomic mass is 10.2. The van der Waals surface area contributed by atoms with Crippen molar-refractivity contribution in [1.82, 2.24) is 20.2 Å². The zero-order valence-corrected chi connectivity index (χ0v) is 14.1. The molecule has 1 saturated heterocycles. The highest BCUT2D eigenvalue weighted by molar-refractivity contribution is 5.97. The van der Waals surface area contributed by atoms with Crippen LogP contribution >= 0.6 is 0 Å². The van der Waals surface area contributed by atoms with Gasteiger partial charge in [0.05, 0.1) is 0 Å². The summed E-state index contributed by atoms with van der Waals surface area (Å²) in [5.41, 5.74) is 0.549. The number of hydrogen-bond acceptors (Lipinski definition) is 5. The number of anilines is 1. The van der Waals surface area contributed by atoms with Crippen LogP contribution in [0.1, 0.15) is 17.3 Å². The van der Waals surface area contributed by atoms with Crippen LogP contribution in [0.2, 0.25) is 0 Å². The minimum atomic E-state index is -0.563. The van der Waals surface area contributed by atoms with Crippen LogP contribution in [-0.2, 0) is 4.79 Å². The largest absolute Gasteiger partial charge is 0.341 e. The number of hydrogen-bond donors (Lipinski definition) is 1. The minimum absolute atomic E-state index is 0.0714. The molecule has 1 aliphatic rings. The molecule has 2 aromatic rings. The minimum Gasteiger partial charge on any atom is -0.341 e. The molecule has 1 fully saturated rings. The summed E-state index contributed by atoms with van der Waals surface area (Å²) >= 11 is 0. The van der Waals surface area contributed by atoms with Crippen LogP contribution < -0.4 is 10.2 Å². The highest BCUT2D eigenvalue weighted by Crippen LogP contribution is 2.10. The Morgan fingerprint density at radius 1 is 1.00 bits per heavy atom. The van der Waals surface area contributed by atoms with Crippen LogP contribution in [0.3, 0.4) is 0 Å². The maximum absolute atomic E-state index is 12.6. The number of amides is 2. The summed E-state index contributed by atoms with van der Waals surface area (Å²) in [5, 5.41) is 2.77. The first kappa shape index (κ1) is 16.9. The number of benzene rings is 1. The lowest BCUT2D eigenvalue weighted by molar-refractivity contribution is -0.133. The van der Waals surface area contributed by atoms with Crippen molar-refractivity contribution < 1.29 is 9.59 Å².